The minimum atomic E-state index is 0.851. The lowest BCUT2D eigenvalue weighted by Gasteiger charge is -2.47. The van der Waals surface area contributed by atoms with Gasteiger partial charge < -0.3 is 5.32 Å². The zero-order valence-electron chi connectivity index (χ0n) is 8.92. The van der Waals surface area contributed by atoms with E-state index < -0.39 is 0 Å². The van der Waals surface area contributed by atoms with Crippen molar-refractivity contribution < 1.29 is 0 Å². The van der Waals surface area contributed by atoms with Crippen LogP contribution in [0.25, 0.3) is 0 Å². The molecule has 0 radical (unpaired) electrons. The standard InChI is InChI=1S/C11H22N2/c1-9(2)10-7-13(8-10)11-4-3-5-12-6-11/h9-12H,3-8H2,1-2H3. The van der Waals surface area contributed by atoms with Gasteiger partial charge in [0, 0.05) is 25.7 Å². The second-order valence-electron chi connectivity index (χ2n) is 4.96. The third-order valence-electron chi connectivity index (χ3n) is 3.67. The Morgan fingerprint density at radius 3 is 2.62 bits per heavy atom. The van der Waals surface area contributed by atoms with Gasteiger partial charge in [0.2, 0.25) is 0 Å². The lowest BCUT2D eigenvalue weighted by molar-refractivity contribution is 0.0187. The number of likely N-dealkylation sites (tertiary alicyclic amines) is 1. The van der Waals surface area contributed by atoms with E-state index in [0.29, 0.717) is 0 Å². The molecule has 2 fully saturated rings. The highest BCUT2D eigenvalue weighted by Gasteiger charge is 2.33. The molecule has 0 aromatic rings. The van der Waals surface area contributed by atoms with Crippen LogP contribution in [0.2, 0.25) is 0 Å². The van der Waals surface area contributed by atoms with E-state index >= 15 is 0 Å². The third-order valence-corrected chi connectivity index (χ3v) is 3.67. The predicted molar refractivity (Wildman–Crippen MR) is 55.8 cm³/mol. The molecular weight excluding hydrogens is 160 g/mol. The zero-order chi connectivity index (χ0) is 9.26. The second kappa shape index (κ2) is 3.97. The van der Waals surface area contributed by atoms with Gasteiger partial charge >= 0.3 is 0 Å². The minimum absolute atomic E-state index is 0.851. The first kappa shape index (κ1) is 9.47. The fourth-order valence-electron chi connectivity index (χ4n) is 2.41. The first-order valence-electron chi connectivity index (χ1n) is 5.72. The Bertz CT molecular complexity index is 155. The van der Waals surface area contributed by atoms with Crippen LogP contribution in [0.1, 0.15) is 26.7 Å². The molecule has 0 aromatic heterocycles. The van der Waals surface area contributed by atoms with Gasteiger partial charge in [0.15, 0.2) is 0 Å². The summed E-state index contributed by atoms with van der Waals surface area (Å²) in [6.45, 7) is 9.86. The molecule has 13 heavy (non-hydrogen) atoms. The Labute approximate surface area is 81.7 Å². The third kappa shape index (κ3) is 2.05. The van der Waals surface area contributed by atoms with Crippen molar-refractivity contribution in [1.82, 2.24) is 10.2 Å². The molecule has 0 bridgehead atoms. The lowest BCUT2D eigenvalue weighted by Crippen LogP contribution is -2.57. The Morgan fingerprint density at radius 2 is 2.08 bits per heavy atom. The van der Waals surface area contributed by atoms with Gasteiger partial charge in [0.25, 0.3) is 0 Å². The Balaban J connectivity index is 1.72. The fraction of sp³-hybridized carbons (Fsp3) is 1.00. The van der Waals surface area contributed by atoms with E-state index in [0.717, 1.165) is 17.9 Å². The van der Waals surface area contributed by atoms with Crippen LogP contribution in [-0.4, -0.2) is 37.1 Å². The highest BCUT2D eigenvalue weighted by atomic mass is 15.2. The molecule has 2 aliphatic rings. The normalized spacial score (nSPS) is 32.1. The molecule has 76 valence electrons. The van der Waals surface area contributed by atoms with Gasteiger partial charge in [0.05, 0.1) is 0 Å². The average Bonchev–Trinajstić information content (AvgIpc) is 2.02. The van der Waals surface area contributed by atoms with Crippen LogP contribution < -0.4 is 5.32 Å². The van der Waals surface area contributed by atoms with Crippen molar-refractivity contribution >= 4 is 0 Å². The monoisotopic (exact) mass is 182 g/mol. The number of hydrogen-bond donors (Lipinski definition) is 1. The summed E-state index contributed by atoms with van der Waals surface area (Å²) in [5.41, 5.74) is 0. The molecule has 2 heteroatoms. The van der Waals surface area contributed by atoms with E-state index in [1.54, 1.807) is 0 Å². The van der Waals surface area contributed by atoms with E-state index in [9.17, 15) is 0 Å². The largest absolute Gasteiger partial charge is 0.315 e. The topological polar surface area (TPSA) is 15.3 Å². The van der Waals surface area contributed by atoms with Gasteiger partial charge in [-0.25, -0.2) is 0 Å². The van der Waals surface area contributed by atoms with Crippen LogP contribution in [0, 0.1) is 11.8 Å². The van der Waals surface area contributed by atoms with Crippen molar-refractivity contribution in [1.29, 1.82) is 0 Å². The molecule has 2 nitrogen and oxygen atoms in total. The first-order valence-corrected chi connectivity index (χ1v) is 5.72. The number of piperidine rings is 1. The van der Waals surface area contributed by atoms with Crippen LogP contribution in [-0.2, 0) is 0 Å². The maximum Gasteiger partial charge on any atom is 0.0221 e. The molecule has 0 spiro atoms. The summed E-state index contributed by atoms with van der Waals surface area (Å²) >= 11 is 0. The number of nitrogens with zero attached hydrogens (tertiary/aromatic N) is 1. The van der Waals surface area contributed by atoms with Gasteiger partial charge in [-0.15, -0.1) is 0 Å². The second-order valence-corrected chi connectivity index (χ2v) is 4.96. The summed E-state index contributed by atoms with van der Waals surface area (Å²) in [5.74, 6) is 1.86. The van der Waals surface area contributed by atoms with E-state index in [-0.39, 0.29) is 0 Å². The maximum atomic E-state index is 3.49. The van der Waals surface area contributed by atoms with E-state index in [2.05, 4.69) is 24.1 Å². The molecule has 2 heterocycles. The summed E-state index contributed by atoms with van der Waals surface area (Å²) in [7, 11) is 0. The lowest BCUT2D eigenvalue weighted by atomic mass is 9.86. The SMILES string of the molecule is CC(C)C1CN(C2CCCNC2)C1. The molecule has 2 saturated heterocycles. The maximum absolute atomic E-state index is 3.49. The van der Waals surface area contributed by atoms with Gasteiger partial charge in [-0.1, -0.05) is 13.8 Å². The predicted octanol–water partition coefficient (Wildman–Crippen LogP) is 1.33. The van der Waals surface area contributed by atoms with Crippen LogP contribution in [0.15, 0.2) is 0 Å². The quantitative estimate of drug-likeness (QED) is 0.693. The molecule has 0 aromatic carbocycles. The molecule has 1 unspecified atom stereocenters. The average molecular weight is 182 g/mol. The zero-order valence-corrected chi connectivity index (χ0v) is 8.92. The van der Waals surface area contributed by atoms with Crippen LogP contribution in [0.5, 0.6) is 0 Å². The minimum Gasteiger partial charge on any atom is -0.315 e. The first-order chi connectivity index (χ1) is 6.27. The van der Waals surface area contributed by atoms with Crippen LogP contribution in [0.3, 0.4) is 0 Å². The molecule has 0 amide bonds. The van der Waals surface area contributed by atoms with Crippen molar-refractivity contribution in [3.05, 3.63) is 0 Å². The molecule has 2 rings (SSSR count). The van der Waals surface area contributed by atoms with Crippen LogP contribution >= 0.6 is 0 Å². The molecule has 1 atom stereocenters. The summed E-state index contributed by atoms with van der Waals surface area (Å²) < 4.78 is 0. The van der Waals surface area contributed by atoms with Crippen molar-refractivity contribution in [3.63, 3.8) is 0 Å². The summed E-state index contributed by atoms with van der Waals surface area (Å²) in [4.78, 5) is 2.66. The van der Waals surface area contributed by atoms with Crippen molar-refractivity contribution in [3.8, 4) is 0 Å². The highest BCUT2D eigenvalue weighted by molar-refractivity contribution is 4.89. The number of nitrogens with one attached hydrogen (secondary N) is 1. The summed E-state index contributed by atoms with van der Waals surface area (Å²) in [6.07, 6.45) is 2.78. The molecule has 0 saturated carbocycles. The summed E-state index contributed by atoms with van der Waals surface area (Å²) in [5, 5.41) is 3.49. The Kier molecular flexibility index (Phi) is 2.89. The summed E-state index contributed by atoms with van der Waals surface area (Å²) in [6, 6.07) is 0.851. The Morgan fingerprint density at radius 1 is 1.31 bits per heavy atom. The Hall–Kier alpha value is -0.0800. The van der Waals surface area contributed by atoms with E-state index in [4.69, 9.17) is 0 Å². The smallest absolute Gasteiger partial charge is 0.0221 e. The van der Waals surface area contributed by atoms with Gasteiger partial charge in [-0.05, 0) is 31.2 Å². The van der Waals surface area contributed by atoms with Crippen molar-refractivity contribution in [2.75, 3.05) is 26.2 Å². The molecule has 0 aliphatic carbocycles. The fourth-order valence-corrected chi connectivity index (χ4v) is 2.41. The van der Waals surface area contributed by atoms with E-state index in [1.807, 2.05) is 0 Å². The van der Waals surface area contributed by atoms with Crippen molar-refractivity contribution in [2.45, 2.75) is 32.7 Å². The number of hydrogen-bond acceptors (Lipinski definition) is 2. The van der Waals surface area contributed by atoms with Gasteiger partial charge in [-0.2, -0.15) is 0 Å². The molecular formula is C11H22N2. The highest BCUT2D eigenvalue weighted by Crippen LogP contribution is 2.27. The van der Waals surface area contributed by atoms with E-state index in [1.165, 1.54) is 39.0 Å². The number of rotatable bonds is 2. The van der Waals surface area contributed by atoms with Crippen molar-refractivity contribution in [2.24, 2.45) is 11.8 Å². The van der Waals surface area contributed by atoms with Gasteiger partial charge in [0.1, 0.15) is 0 Å². The molecule has 1 N–H and O–H groups in total. The van der Waals surface area contributed by atoms with Gasteiger partial charge in [-0.3, -0.25) is 4.90 Å². The van der Waals surface area contributed by atoms with Crippen LogP contribution in [0.4, 0.5) is 0 Å². The molecule has 2 aliphatic heterocycles.